The molecule has 0 saturated carbocycles. The summed E-state index contributed by atoms with van der Waals surface area (Å²) in [5.41, 5.74) is 1.24. The van der Waals surface area contributed by atoms with Crippen molar-refractivity contribution in [1.82, 2.24) is 20.3 Å². The largest absolute Gasteiger partial charge is 0.484 e. The Morgan fingerprint density at radius 3 is 2.83 bits per heavy atom. The first-order valence-electron chi connectivity index (χ1n) is 8.09. The summed E-state index contributed by atoms with van der Waals surface area (Å²) >= 11 is 0. The highest BCUT2D eigenvalue weighted by molar-refractivity contribution is 5.78. The highest BCUT2D eigenvalue weighted by Gasteiger charge is 2.31. The minimum Gasteiger partial charge on any atom is -0.484 e. The van der Waals surface area contributed by atoms with E-state index in [9.17, 15) is 4.79 Å². The van der Waals surface area contributed by atoms with E-state index in [0.717, 1.165) is 0 Å². The van der Waals surface area contributed by atoms with E-state index in [1.807, 2.05) is 24.3 Å². The number of nitrogens with zero attached hydrogens (tertiary/aromatic N) is 3. The van der Waals surface area contributed by atoms with Crippen LogP contribution in [-0.4, -0.2) is 46.8 Å². The van der Waals surface area contributed by atoms with Gasteiger partial charge >= 0.3 is 0 Å². The van der Waals surface area contributed by atoms with Crippen LogP contribution >= 0.6 is 0 Å². The second kappa shape index (κ2) is 7.44. The quantitative estimate of drug-likeness (QED) is 0.869. The minimum atomic E-state index is -0.177. The number of amides is 1. The van der Waals surface area contributed by atoms with E-state index < -0.39 is 0 Å². The van der Waals surface area contributed by atoms with Gasteiger partial charge in [-0.2, -0.15) is 0 Å². The van der Waals surface area contributed by atoms with Crippen molar-refractivity contribution in [2.75, 3.05) is 19.8 Å². The van der Waals surface area contributed by atoms with Crippen LogP contribution in [0.15, 0.2) is 36.7 Å². The molecule has 1 aliphatic heterocycles. The zero-order valence-electron chi connectivity index (χ0n) is 13.9. The van der Waals surface area contributed by atoms with Crippen molar-refractivity contribution in [2.24, 2.45) is 0 Å². The van der Waals surface area contributed by atoms with E-state index in [-0.39, 0.29) is 24.6 Å². The standard InChI is InChI=1S/C17H22N4O3/c1-12(2)13-3-5-14(6-4-13)24-11-17(22)19-15-9-23-10-16(15)21-8-7-18-20-21/h3-8,12,15-16H,9-11H2,1-2H3,(H,19,22)/t15-,16+/m1/s1. The molecule has 128 valence electrons. The van der Waals surface area contributed by atoms with Gasteiger partial charge in [0.1, 0.15) is 5.75 Å². The number of carbonyl (C=O) groups excluding carboxylic acids is 1. The molecule has 0 bridgehead atoms. The summed E-state index contributed by atoms with van der Waals surface area (Å²) in [5, 5.41) is 10.7. The van der Waals surface area contributed by atoms with Crippen molar-refractivity contribution in [3.8, 4) is 5.75 Å². The molecule has 2 heterocycles. The number of nitrogens with one attached hydrogen (secondary N) is 1. The predicted octanol–water partition coefficient (Wildman–Crippen LogP) is 1.54. The predicted molar refractivity (Wildman–Crippen MR) is 87.8 cm³/mol. The Labute approximate surface area is 141 Å². The first-order valence-corrected chi connectivity index (χ1v) is 8.09. The Bertz CT molecular complexity index is 655. The summed E-state index contributed by atoms with van der Waals surface area (Å²) in [6.45, 7) is 5.21. The average Bonchev–Trinajstić information content (AvgIpc) is 3.24. The topological polar surface area (TPSA) is 78.3 Å². The van der Waals surface area contributed by atoms with E-state index in [4.69, 9.17) is 9.47 Å². The van der Waals surface area contributed by atoms with Crippen molar-refractivity contribution >= 4 is 5.91 Å². The molecule has 24 heavy (non-hydrogen) atoms. The first kappa shape index (κ1) is 16.4. The smallest absolute Gasteiger partial charge is 0.258 e. The molecule has 0 unspecified atom stereocenters. The molecule has 2 aromatic rings. The Balaban J connectivity index is 1.50. The number of hydrogen-bond donors (Lipinski definition) is 1. The molecule has 1 aromatic carbocycles. The summed E-state index contributed by atoms with van der Waals surface area (Å²) in [4.78, 5) is 12.1. The van der Waals surface area contributed by atoms with Gasteiger partial charge in [0.2, 0.25) is 0 Å². The number of aromatic nitrogens is 3. The summed E-state index contributed by atoms with van der Waals surface area (Å²) in [7, 11) is 0. The summed E-state index contributed by atoms with van der Waals surface area (Å²) < 4.78 is 12.7. The molecule has 1 aliphatic rings. The molecule has 1 N–H and O–H groups in total. The molecule has 1 saturated heterocycles. The van der Waals surface area contributed by atoms with Crippen molar-refractivity contribution in [3.63, 3.8) is 0 Å². The van der Waals surface area contributed by atoms with E-state index in [1.165, 1.54) is 5.56 Å². The molecule has 0 radical (unpaired) electrons. The molecule has 2 atom stereocenters. The highest BCUT2D eigenvalue weighted by atomic mass is 16.5. The summed E-state index contributed by atoms with van der Waals surface area (Å²) in [5.74, 6) is 0.979. The lowest BCUT2D eigenvalue weighted by Crippen LogP contribution is -2.43. The SMILES string of the molecule is CC(C)c1ccc(OCC(=O)N[C@@H]2COC[C@@H]2n2ccnn2)cc1. The van der Waals surface area contributed by atoms with Gasteiger partial charge in [-0.15, -0.1) is 5.10 Å². The van der Waals surface area contributed by atoms with Gasteiger partial charge in [-0.1, -0.05) is 31.2 Å². The third-order valence-corrected chi connectivity index (χ3v) is 4.09. The zero-order chi connectivity index (χ0) is 16.9. The third kappa shape index (κ3) is 3.91. The number of rotatable bonds is 6. The van der Waals surface area contributed by atoms with Crippen LogP contribution in [0.4, 0.5) is 0 Å². The fourth-order valence-electron chi connectivity index (χ4n) is 2.68. The van der Waals surface area contributed by atoms with Crippen LogP contribution in [0.25, 0.3) is 0 Å². The highest BCUT2D eigenvalue weighted by Crippen LogP contribution is 2.19. The van der Waals surface area contributed by atoms with E-state index in [0.29, 0.717) is 24.9 Å². The molecule has 0 aliphatic carbocycles. The molecule has 7 nitrogen and oxygen atoms in total. The van der Waals surface area contributed by atoms with E-state index >= 15 is 0 Å². The lowest BCUT2D eigenvalue weighted by Gasteiger charge is -2.19. The van der Waals surface area contributed by atoms with Crippen LogP contribution in [0.1, 0.15) is 31.4 Å². The van der Waals surface area contributed by atoms with Crippen LogP contribution in [-0.2, 0) is 9.53 Å². The van der Waals surface area contributed by atoms with Crippen molar-refractivity contribution in [1.29, 1.82) is 0 Å². The second-order valence-corrected chi connectivity index (χ2v) is 6.17. The van der Waals surface area contributed by atoms with Gasteiger partial charge in [-0.3, -0.25) is 4.79 Å². The number of ether oxygens (including phenoxy) is 2. The molecule has 7 heteroatoms. The Kier molecular flexibility index (Phi) is 5.10. The summed E-state index contributed by atoms with van der Waals surface area (Å²) in [6.07, 6.45) is 3.38. The van der Waals surface area contributed by atoms with Crippen LogP contribution in [0, 0.1) is 0 Å². The van der Waals surface area contributed by atoms with Gasteiger partial charge in [0, 0.05) is 6.20 Å². The van der Waals surface area contributed by atoms with Crippen molar-refractivity contribution in [2.45, 2.75) is 31.8 Å². The molecule has 1 amide bonds. The van der Waals surface area contributed by atoms with E-state index in [2.05, 4.69) is 29.5 Å². The molecular weight excluding hydrogens is 308 g/mol. The van der Waals surface area contributed by atoms with Crippen LogP contribution in [0.3, 0.4) is 0 Å². The Hall–Kier alpha value is -2.41. The van der Waals surface area contributed by atoms with Gasteiger partial charge in [-0.25, -0.2) is 4.68 Å². The number of hydrogen-bond acceptors (Lipinski definition) is 5. The molecule has 1 aromatic heterocycles. The van der Waals surface area contributed by atoms with Crippen LogP contribution in [0.5, 0.6) is 5.75 Å². The lowest BCUT2D eigenvalue weighted by molar-refractivity contribution is -0.124. The lowest BCUT2D eigenvalue weighted by atomic mass is 10.0. The third-order valence-electron chi connectivity index (χ3n) is 4.09. The Morgan fingerprint density at radius 2 is 2.17 bits per heavy atom. The molecule has 3 rings (SSSR count). The molecule has 1 fully saturated rings. The fourth-order valence-corrected chi connectivity index (χ4v) is 2.68. The van der Waals surface area contributed by atoms with Gasteiger partial charge in [-0.05, 0) is 23.6 Å². The second-order valence-electron chi connectivity index (χ2n) is 6.17. The number of carbonyl (C=O) groups is 1. The number of benzene rings is 1. The zero-order valence-corrected chi connectivity index (χ0v) is 13.9. The van der Waals surface area contributed by atoms with Crippen LogP contribution in [0.2, 0.25) is 0 Å². The Morgan fingerprint density at radius 1 is 1.38 bits per heavy atom. The van der Waals surface area contributed by atoms with Gasteiger partial charge in [0.15, 0.2) is 6.61 Å². The van der Waals surface area contributed by atoms with E-state index in [1.54, 1.807) is 17.1 Å². The molecular formula is C17H22N4O3. The van der Waals surface area contributed by atoms with Crippen LogP contribution < -0.4 is 10.1 Å². The van der Waals surface area contributed by atoms with Gasteiger partial charge in [0.25, 0.3) is 5.91 Å². The normalized spacial score (nSPS) is 20.3. The maximum Gasteiger partial charge on any atom is 0.258 e. The average molecular weight is 330 g/mol. The van der Waals surface area contributed by atoms with Crippen molar-refractivity contribution in [3.05, 3.63) is 42.2 Å². The van der Waals surface area contributed by atoms with Crippen molar-refractivity contribution < 1.29 is 14.3 Å². The first-order chi connectivity index (χ1) is 11.6. The minimum absolute atomic E-state index is 0.0262. The maximum absolute atomic E-state index is 12.1. The maximum atomic E-state index is 12.1. The summed E-state index contributed by atoms with van der Waals surface area (Å²) in [6, 6.07) is 7.64. The van der Waals surface area contributed by atoms with Gasteiger partial charge < -0.3 is 14.8 Å². The molecule has 0 spiro atoms. The van der Waals surface area contributed by atoms with Gasteiger partial charge in [0.05, 0.1) is 31.5 Å². The monoisotopic (exact) mass is 330 g/mol. The fraction of sp³-hybridized carbons (Fsp3) is 0.471.